The van der Waals surface area contributed by atoms with Crippen LogP contribution < -0.4 is 10.6 Å². The predicted molar refractivity (Wildman–Crippen MR) is 114 cm³/mol. The molecule has 4 rings (SSSR count). The zero-order chi connectivity index (χ0) is 19.8. The number of nitrogens with two attached hydrogens (primary N) is 1. The molecule has 0 aromatic carbocycles. The summed E-state index contributed by atoms with van der Waals surface area (Å²) in [5.74, 6) is 2.54. The van der Waals surface area contributed by atoms with Crippen LogP contribution in [0.1, 0.15) is 68.4 Å². The molecule has 4 heterocycles. The molecule has 5 heteroatoms. The normalized spacial score (nSPS) is 30.4. The molecular weight excluding hydrogens is 348 g/mol. The van der Waals surface area contributed by atoms with E-state index in [0.717, 1.165) is 30.5 Å². The molecule has 3 saturated heterocycles. The van der Waals surface area contributed by atoms with Gasteiger partial charge in [0.1, 0.15) is 5.82 Å². The minimum absolute atomic E-state index is 0.367. The molecule has 1 aromatic rings. The highest BCUT2D eigenvalue weighted by molar-refractivity contribution is 5.97. The van der Waals surface area contributed by atoms with Gasteiger partial charge in [0.25, 0.3) is 5.91 Å². The Balaban J connectivity index is 1.63. The van der Waals surface area contributed by atoms with Gasteiger partial charge < -0.3 is 10.6 Å². The van der Waals surface area contributed by atoms with Crippen molar-refractivity contribution in [2.24, 2.45) is 23.5 Å². The number of fused-ring (bicyclic) bond motifs is 4. The molecular formula is C23H36N4O. The van der Waals surface area contributed by atoms with Crippen molar-refractivity contribution in [3.05, 3.63) is 23.4 Å². The van der Waals surface area contributed by atoms with Crippen LogP contribution in [-0.2, 0) is 0 Å². The van der Waals surface area contributed by atoms with Gasteiger partial charge in [-0.15, -0.1) is 0 Å². The molecule has 3 aliphatic heterocycles. The Hall–Kier alpha value is -1.62. The molecule has 2 bridgehead atoms. The van der Waals surface area contributed by atoms with Gasteiger partial charge in [-0.1, -0.05) is 20.3 Å². The van der Waals surface area contributed by atoms with Gasteiger partial charge in [0, 0.05) is 30.9 Å². The number of carbonyl (C=O) groups is 1. The summed E-state index contributed by atoms with van der Waals surface area (Å²) in [5.41, 5.74) is 7.21. The van der Waals surface area contributed by atoms with Crippen molar-refractivity contribution in [3.8, 4) is 0 Å². The maximum atomic E-state index is 12.0. The summed E-state index contributed by atoms with van der Waals surface area (Å²) in [7, 11) is 0. The van der Waals surface area contributed by atoms with E-state index in [9.17, 15) is 4.79 Å². The van der Waals surface area contributed by atoms with Crippen LogP contribution in [-0.4, -0.2) is 47.5 Å². The fourth-order valence-corrected chi connectivity index (χ4v) is 5.96. The third kappa shape index (κ3) is 3.78. The summed E-state index contributed by atoms with van der Waals surface area (Å²) < 4.78 is 0. The van der Waals surface area contributed by atoms with Gasteiger partial charge in [0.15, 0.2) is 0 Å². The van der Waals surface area contributed by atoms with E-state index < -0.39 is 0 Å². The van der Waals surface area contributed by atoms with Crippen LogP contribution >= 0.6 is 0 Å². The SMILES string of the molecule is Cc1ccc(C(N)=O)c(N2C[C@H]3C[C@@H](C2)[C@H](CCC(C)C)N2CCCC[C@@H]32)n1. The number of nitrogens with zero attached hydrogens (tertiary/aromatic N) is 3. The lowest BCUT2D eigenvalue weighted by atomic mass is 9.71. The molecule has 2 N–H and O–H groups in total. The summed E-state index contributed by atoms with van der Waals surface area (Å²) in [4.78, 5) is 22.1. The largest absolute Gasteiger partial charge is 0.365 e. The molecule has 3 fully saturated rings. The third-order valence-electron chi connectivity index (χ3n) is 7.24. The van der Waals surface area contributed by atoms with Crippen molar-refractivity contribution in [1.82, 2.24) is 9.88 Å². The van der Waals surface area contributed by atoms with Gasteiger partial charge in [-0.05, 0) is 75.5 Å². The Morgan fingerprint density at radius 2 is 2.04 bits per heavy atom. The van der Waals surface area contributed by atoms with Crippen molar-refractivity contribution in [2.75, 3.05) is 24.5 Å². The number of carbonyl (C=O) groups excluding carboxylic acids is 1. The topological polar surface area (TPSA) is 62.5 Å². The molecule has 3 aliphatic rings. The minimum atomic E-state index is -0.367. The molecule has 1 aromatic heterocycles. The summed E-state index contributed by atoms with van der Waals surface area (Å²) >= 11 is 0. The maximum absolute atomic E-state index is 12.0. The van der Waals surface area contributed by atoms with Crippen LogP contribution in [0.15, 0.2) is 12.1 Å². The first-order valence-electron chi connectivity index (χ1n) is 11.2. The van der Waals surface area contributed by atoms with Crippen molar-refractivity contribution in [2.45, 2.75) is 71.4 Å². The first-order chi connectivity index (χ1) is 13.4. The lowest BCUT2D eigenvalue weighted by Gasteiger charge is -2.57. The van der Waals surface area contributed by atoms with Gasteiger partial charge in [0.2, 0.25) is 0 Å². The number of amides is 1. The molecule has 1 amide bonds. The predicted octanol–water partition coefficient (Wildman–Crippen LogP) is 3.60. The van der Waals surface area contributed by atoms with E-state index >= 15 is 0 Å². The Morgan fingerprint density at radius 1 is 1.25 bits per heavy atom. The molecule has 0 unspecified atom stereocenters. The number of pyridine rings is 1. The van der Waals surface area contributed by atoms with Crippen LogP contribution in [0.5, 0.6) is 0 Å². The Morgan fingerprint density at radius 3 is 2.79 bits per heavy atom. The summed E-state index contributed by atoms with van der Waals surface area (Å²) in [6.07, 6.45) is 7.95. The number of aryl methyl sites for hydroxylation is 1. The number of primary amides is 1. The van der Waals surface area contributed by atoms with Crippen molar-refractivity contribution < 1.29 is 4.79 Å². The molecule has 0 radical (unpaired) electrons. The van der Waals surface area contributed by atoms with Gasteiger partial charge in [-0.25, -0.2) is 4.98 Å². The molecule has 5 nitrogen and oxygen atoms in total. The van der Waals surface area contributed by atoms with E-state index in [2.05, 4.69) is 23.6 Å². The molecule has 0 aliphatic carbocycles. The van der Waals surface area contributed by atoms with Gasteiger partial charge in [-0.2, -0.15) is 0 Å². The minimum Gasteiger partial charge on any atom is -0.365 e. The lowest BCUT2D eigenvalue weighted by Crippen LogP contribution is -2.63. The second kappa shape index (κ2) is 8.02. The quantitative estimate of drug-likeness (QED) is 0.842. The Bertz CT molecular complexity index is 719. The molecule has 28 heavy (non-hydrogen) atoms. The van der Waals surface area contributed by atoms with Crippen LogP contribution in [0, 0.1) is 24.7 Å². The van der Waals surface area contributed by atoms with Crippen molar-refractivity contribution >= 4 is 11.7 Å². The summed E-state index contributed by atoms with van der Waals surface area (Å²) in [6.45, 7) is 9.94. The first-order valence-corrected chi connectivity index (χ1v) is 11.2. The first kappa shape index (κ1) is 19.7. The second-order valence-corrected chi connectivity index (χ2v) is 9.69. The zero-order valence-electron chi connectivity index (χ0n) is 17.7. The van der Waals surface area contributed by atoms with Crippen LogP contribution in [0.25, 0.3) is 0 Å². The van der Waals surface area contributed by atoms with E-state index in [1.807, 2.05) is 19.1 Å². The van der Waals surface area contributed by atoms with Gasteiger partial charge >= 0.3 is 0 Å². The lowest BCUT2D eigenvalue weighted by molar-refractivity contribution is -0.0369. The van der Waals surface area contributed by atoms with E-state index in [4.69, 9.17) is 10.7 Å². The maximum Gasteiger partial charge on any atom is 0.252 e. The monoisotopic (exact) mass is 384 g/mol. The summed E-state index contributed by atoms with van der Waals surface area (Å²) in [6, 6.07) is 5.12. The fraction of sp³-hybridized carbons (Fsp3) is 0.739. The van der Waals surface area contributed by atoms with Crippen LogP contribution in [0.4, 0.5) is 5.82 Å². The molecule has 4 atom stereocenters. The molecule has 0 saturated carbocycles. The molecule has 154 valence electrons. The number of anilines is 1. The third-order valence-corrected chi connectivity index (χ3v) is 7.24. The van der Waals surface area contributed by atoms with Crippen LogP contribution in [0.3, 0.4) is 0 Å². The van der Waals surface area contributed by atoms with E-state index in [1.54, 1.807) is 0 Å². The summed E-state index contributed by atoms with van der Waals surface area (Å²) in [5, 5.41) is 0. The Kier molecular flexibility index (Phi) is 5.64. The number of hydrogen-bond donors (Lipinski definition) is 1. The van der Waals surface area contributed by atoms with Crippen molar-refractivity contribution in [3.63, 3.8) is 0 Å². The second-order valence-electron chi connectivity index (χ2n) is 9.69. The smallest absolute Gasteiger partial charge is 0.252 e. The number of piperidine rings is 3. The van der Waals surface area contributed by atoms with Gasteiger partial charge in [-0.3, -0.25) is 9.69 Å². The number of rotatable bonds is 5. The zero-order valence-corrected chi connectivity index (χ0v) is 17.7. The fourth-order valence-electron chi connectivity index (χ4n) is 5.96. The van der Waals surface area contributed by atoms with Crippen LogP contribution in [0.2, 0.25) is 0 Å². The number of aromatic nitrogens is 1. The van der Waals surface area contributed by atoms with Gasteiger partial charge in [0.05, 0.1) is 5.56 Å². The highest BCUT2D eigenvalue weighted by Crippen LogP contribution is 2.43. The Labute approximate surface area is 169 Å². The average molecular weight is 385 g/mol. The van der Waals surface area contributed by atoms with Crippen molar-refractivity contribution in [1.29, 1.82) is 0 Å². The van der Waals surface area contributed by atoms with E-state index in [1.165, 1.54) is 45.1 Å². The standard InChI is InChI=1S/C23H36N4O/c1-15(2)7-10-21-18-12-17(20-6-4-5-11-27(20)21)13-26(14-18)23-19(22(24)28)9-8-16(3)25-23/h8-9,15,17-18,20-21H,4-7,10-14H2,1-3H3,(H2,24,28)/t17-,18+,20+,21+/m1/s1. The highest BCUT2D eigenvalue weighted by atomic mass is 16.1. The van der Waals surface area contributed by atoms with E-state index in [0.29, 0.717) is 29.5 Å². The molecule has 0 spiro atoms. The number of hydrogen-bond acceptors (Lipinski definition) is 4. The highest BCUT2D eigenvalue weighted by Gasteiger charge is 2.47. The van der Waals surface area contributed by atoms with E-state index in [-0.39, 0.29) is 5.91 Å². The average Bonchev–Trinajstić information content (AvgIpc) is 2.67.